The van der Waals surface area contributed by atoms with E-state index in [1.54, 1.807) is 0 Å². The predicted octanol–water partition coefficient (Wildman–Crippen LogP) is 0.138. The van der Waals surface area contributed by atoms with Gasteiger partial charge in [0, 0.05) is 0 Å². The molecule has 0 aromatic heterocycles. The van der Waals surface area contributed by atoms with Gasteiger partial charge < -0.3 is 0 Å². The van der Waals surface area contributed by atoms with Gasteiger partial charge in [-0.3, -0.25) is 14.9 Å². The molecule has 4 amide bonds. The average molecular weight is 286 g/mol. The van der Waals surface area contributed by atoms with Crippen LogP contribution in [-0.2, 0) is 9.59 Å². The standard InChI is InChI=1S/C4H2Br2N2O3/c5-1-2(9)7-4(11)8(6)3(1)10/h1H,(H,7,9,11). The third-order valence-corrected chi connectivity index (χ3v) is 2.53. The molecule has 1 N–H and O–H groups in total. The van der Waals surface area contributed by atoms with E-state index in [1.165, 1.54) is 0 Å². The summed E-state index contributed by atoms with van der Waals surface area (Å²) in [6.45, 7) is 0. The molecule has 0 bridgehead atoms. The molecule has 1 fully saturated rings. The molecule has 1 aliphatic rings. The molecule has 1 unspecified atom stereocenters. The summed E-state index contributed by atoms with van der Waals surface area (Å²) < 4.78 is 0.661. The van der Waals surface area contributed by atoms with Crippen LogP contribution in [0.3, 0.4) is 0 Å². The SMILES string of the molecule is O=C1NC(=O)N(Br)C(=O)C1Br. The molecule has 5 nitrogen and oxygen atoms in total. The molecule has 0 aliphatic carbocycles. The minimum absolute atomic E-state index is 0.626. The molecule has 7 heteroatoms. The number of nitrogens with one attached hydrogen (secondary N) is 1. The van der Waals surface area contributed by atoms with Crippen molar-refractivity contribution in [3.8, 4) is 0 Å². The van der Waals surface area contributed by atoms with E-state index in [4.69, 9.17) is 0 Å². The maximum Gasteiger partial charge on any atom is 0.341 e. The summed E-state index contributed by atoms with van der Waals surface area (Å²) in [5.41, 5.74) is 0. The Hall–Kier alpha value is -0.430. The molecule has 1 heterocycles. The Morgan fingerprint density at radius 1 is 1.36 bits per heavy atom. The highest BCUT2D eigenvalue weighted by atomic mass is 79.9. The molecule has 1 rings (SSSR count). The van der Waals surface area contributed by atoms with Gasteiger partial charge in [-0.15, -0.1) is 0 Å². The van der Waals surface area contributed by atoms with E-state index in [9.17, 15) is 14.4 Å². The van der Waals surface area contributed by atoms with Gasteiger partial charge >= 0.3 is 6.03 Å². The highest BCUT2D eigenvalue weighted by Gasteiger charge is 2.37. The van der Waals surface area contributed by atoms with Gasteiger partial charge in [-0.05, 0) is 0 Å². The third kappa shape index (κ3) is 1.43. The fourth-order valence-electron chi connectivity index (χ4n) is 0.530. The number of barbiturate groups is 1. The van der Waals surface area contributed by atoms with Crippen molar-refractivity contribution in [1.82, 2.24) is 9.24 Å². The first-order chi connectivity index (χ1) is 5.04. The third-order valence-electron chi connectivity index (χ3n) is 1.05. The van der Waals surface area contributed by atoms with Gasteiger partial charge in [-0.1, -0.05) is 15.9 Å². The first-order valence-corrected chi connectivity index (χ1v) is 4.15. The predicted molar refractivity (Wildman–Crippen MR) is 42.0 cm³/mol. The summed E-state index contributed by atoms with van der Waals surface area (Å²) in [5.74, 6) is -1.27. The number of carbonyl (C=O) groups excluding carboxylic acids is 3. The van der Waals surface area contributed by atoms with Crippen LogP contribution in [0.15, 0.2) is 0 Å². The molecule has 60 valence electrons. The first-order valence-electron chi connectivity index (χ1n) is 2.52. The number of hydrogen-bond acceptors (Lipinski definition) is 3. The lowest BCUT2D eigenvalue weighted by molar-refractivity contribution is -0.131. The van der Waals surface area contributed by atoms with Gasteiger partial charge in [0.05, 0.1) is 16.1 Å². The molecule has 0 spiro atoms. The highest BCUT2D eigenvalue weighted by molar-refractivity contribution is 9.10. The van der Waals surface area contributed by atoms with Crippen molar-refractivity contribution in [3.63, 3.8) is 0 Å². The van der Waals surface area contributed by atoms with Crippen LogP contribution in [0.25, 0.3) is 0 Å². The zero-order chi connectivity index (χ0) is 8.59. The van der Waals surface area contributed by atoms with Crippen LogP contribution >= 0.6 is 32.1 Å². The Bertz CT molecular complexity index is 219. The zero-order valence-corrected chi connectivity index (χ0v) is 8.18. The number of alkyl halides is 1. The van der Waals surface area contributed by atoms with E-state index in [2.05, 4.69) is 32.1 Å². The summed E-state index contributed by atoms with van der Waals surface area (Å²) in [6, 6.07) is -0.768. The van der Waals surface area contributed by atoms with Gasteiger partial charge in [0.2, 0.25) is 0 Å². The van der Waals surface area contributed by atoms with Crippen molar-refractivity contribution in [2.24, 2.45) is 0 Å². The molecular weight excluding hydrogens is 284 g/mol. The number of rotatable bonds is 0. The summed E-state index contributed by atoms with van der Waals surface area (Å²) in [6.07, 6.45) is 0. The van der Waals surface area contributed by atoms with Crippen LogP contribution < -0.4 is 5.32 Å². The fraction of sp³-hybridized carbons (Fsp3) is 0.250. The van der Waals surface area contributed by atoms with Crippen LogP contribution in [0.2, 0.25) is 0 Å². The average Bonchev–Trinajstić information content (AvgIpc) is 1.97. The number of amides is 4. The molecule has 0 radical (unpaired) electrons. The number of urea groups is 1. The second-order valence-corrected chi connectivity index (χ2v) is 3.40. The van der Waals surface area contributed by atoms with Crippen LogP contribution in [0, 0.1) is 0 Å². The largest absolute Gasteiger partial charge is 0.341 e. The van der Waals surface area contributed by atoms with Gasteiger partial charge in [-0.25, -0.2) is 4.79 Å². The lowest BCUT2D eigenvalue weighted by Crippen LogP contribution is -2.54. The second kappa shape index (κ2) is 2.90. The van der Waals surface area contributed by atoms with E-state index in [1.807, 2.05) is 5.32 Å². The van der Waals surface area contributed by atoms with Crippen molar-refractivity contribution >= 4 is 49.9 Å². The van der Waals surface area contributed by atoms with E-state index in [-0.39, 0.29) is 0 Å². The number of halogens is 2. The van der Waals surface area contributed by atoms with Gasteiger partial charge in [0.25, 0.3) is 11.8 Å². The molecule has 0 aromatic carbocycles. The summed E-state index contributed by atoms with van der Waals surface area (Å²) in [4.78, 5) is 31.3. The summed E-state index contributed by atoms with van der Waals surface area (Å²) in [7, 11) is 0. The molecule has 1 atom stereocenters. The number of carbonyl (C=O) groups is 3. The fourth-order valence-corrected chi connectivity index (χ4v) is 1.42. The highest BCUT2D eigenvalue weighted by Crippen LogP contribution is 2.13. The zero-order valence-electron chi connectivity index (χ0n) is 5.01. The first kappa shape index (κ1) is 8.66. The van der Waals surface area contributed by atoms with Crippen LogP contribution in [0.4, 0.5) is 4.79 Å². The Morgan fingerprint density at radius 3 is 2.45 bits per heavy atom. The Morgan fingerprint density at radius 2 is 1.91 bits per heavy atom. The van der Waals surface area contributed by atoms with Crippen LogP contribution in [-0.4, -0.2) is 26.6 Å². The molecule has 0 aromatic rings. The van der Waals surface area contributed by atoms with Gasteiger partial charge in [-0.2, -0.15) is 3.93 Å². The molecule has 1 saturated heterocycles. The minimum atomic E-state index is -0.987. The quantitative estimate of drug-likeness (QED) is 0.391. The van der Waals surface area contributed by atoms with Crippen molar-refractivity contribution in [2.45, 2.75) is 4.83 Å². The van der Waals surface area contributed by atoms with E-state index >= 15 is 0 Å². The lowest BCUT2D eigenvalue weighted by atomic mass is 10.3. The Kier molecular flexibility index (Phi) is 2.28. The number of imide groups is 2. The van der Waals surface area contributed by atoms with E-state index in [0.29, 0.717) is 3.93 Å². The topological polar surface area (TPSA) is 66.5 Å². The molecular formula is C4H2Br2N2O3. The van der Waals surface area contributed by atoms with E-state index in [0.717, 1.165) is 0 Å². The lowest BCUT2D eigenvalue weighted by Gasteiger charge is -2.21. The molecule has 0 saturated carbocycles. The van der Waals surface area contributed by atoms with Crippen LogP contribution in [0.1, 0.15) is 0 Å². The minimum Gasteiger partial charge on any atom is -0.275 e. The maximum atomic E-state index is 10.9. The monoisotopic (exact) mass is 284 g/mol. The van der Waals surface area contributed by atoms with E-state index < -0.39 is 22.7 Å². The van der Waals surface area contributed by atoms with Crippen LogP contribution in [0.5, 0.6) is 0 Å². The number of hydrogen-bond donors (Lipinski definition) is 1. The maximum absolute atomic E-state index is 10.9. The van der Waals surface area contributed by atoms with Crippen molar-refractivity contribution in [1.29, 1.82) is 0 Å². The Balaban J connectivity index is 2.87. The van der Waals surface area contributed by atoms with Gasteiger partial charge in [0.15, 0.2) is 4.83 Å². The normalized spacial score (nSPS) is 25.5. The smallest absolute Gasteiger partial charge is 0.275 e. The van der Waals surface area contributed by atoms with Crippen molar-refractivity contribution in [3.05, 3.63) is 0 Å². The molecule has 1 aliphatic heterocycles. The Labute approximate surface area is 78.6 Å². The van der Waals surface area contributed by atoms with Crippen molar-refractivity contribution in [2.75, 3.05) is 0 Å². The molecule has 11 heavy (non-hydrogen) atoms. The summed E-state index contributed by atoms with van der Waals surface area (Å²) in [5, 5.41) is 1.94. The summed E-state index contributed by atoms with van der Waals surface area (Å²) >= 11 is 5.48. The number of nitrogens with zero attached hydrogens (tertiary/aromatic N) is 1. The van der Waals surface area contributed by atoms with Crippen molar-refractivity contribution < 1.29 is 14.4 Å². The second-order valence-electron chi connectivity index (χ2n) is 1.78. The van der Waals surface area contributed by atoms with Gasteiger partial charge in [0.1, 0.15) is 0 Å².